The maximum absolute atomic E-state index is 13.5. The minimum Gasteiger partial charge on any atom is -0.493 e. The van der Waals surface area contributed by atoms with E-state index in [0.717, 1.165) is 22.0 Å². The van der Waals surface area contributed by atoms with E-state index in [-0.39, 0.29) is 10.6 Å². The maximum Gasteiger partial charge on any atom is 0.264 e. The number of nitrogens with zero attached hydrogens (tertiary/aromatic N) is 2. The van der Waals surface area contributed by atoms with E-state index in [9.17, 15) is 17.6 Å². The third-order valence-electron chi connectivity index (χ3n) is 5.56. The summed E-state index contributed by atoms with van der Waals surface area (Å²) < 4.78 is 52.2. The Balaban J connectivity index is 1.44. The number of methoxy groups -OCH3 is 1. The van der Waals surface area contributed by atoms with Crippen LogP contribution in [0.4, 0.5) is 10.1 Å². The van der Waals surface area contributed by atoms with Crippen LogP contribution in [0.2, 0.25) is 0 Å². The van der Waals surface area contributed by atoms with Crippen molar-refractivity contribution >= 4 is 27.8 Å². The van der Waals surface area contributed by atoms with Crippen molar-refractivity contribution in [3.05, 3.63) is 120 Å². The van der Waals surface area contributed by atoms with Gasteiger partial charge in [-0.05, 0) is 65.7 Å². The zero-order chi connectivity index (χ0) is 27.7. The molecule has 0 atom stereocenters. The normalized spacial score (nSPS) is 11.2. The predicted molar refractivity (Wildman–Crippen MR) is 147 cm³/mol. The zero-order valence-corrected chi connectivity index (χ0v) is 21.8. The highest BCUT2D eigenvalue weighted by atomic mass is 32.2. The van der Waals surface area contributed by atoms with E-state index in [2.05, 4.69) is 10.5 Å². The van der Waals surface area contributed by atoms with E-state index in [0.29, 0.717) is 23.7 Å². The molecule has 8 nitrogen and oxygen atoms in total. The predicted octanol–water partition coefficient (Wildman–Crippen LogP) is 4.76. The number of sulfonamides is 1. The second kappa shape index (κ2) is 12.7. The van der Waals surface area contributed by atoms with Gasteiger partial charge in [0.15, 0.2) is 11.5 Å². The Morgan fingerprint density at radius 2 is 1.59 bits per heavy atom. The van der Waals surface area contributed by atoms with Crippen molar-refractivity contribution in [3.8, 4) is 11.5 Å². The number of benzene rings is 4. The molecule has 0 saturated heterocycles. The first kappa shape index (κ1) is 27.3. The van der Waals surface area contributed by atoms with E-state index in [4.69, 9.17) is 9.47 Å². The van der Waals surface area contributed by atoms with Gasteiger partial charge in [0.2, 0.25) is 0 Å². The summed E-state index contributed by atoms with van der Waals surface area (Å²) in [6, 6.07) is 27.4. The number of hydrogen-bond acceptors (Lipinski definition) is 6. The third-order valence-corrected chi connectivity index (χ3v) is 7.35. The number of ether oxygens (including phenoxy) is 2. The highest BCUT2D eigenvalue weighted by Gasteiger charge is 2.27. The van der Waals surface area contributed by atoms with Gasteiger partial charge in [0.1, 0.15) is 19.0 Å². The minimum atomic E-state index is -4.11. The molecule has 0 aromatic heterocycles. The Bertz CT molecular complexity index is 1530. The highest BCUT2D eigenvalue weighted by Crippen LogP contribution is 2.28. The van der Waals surface area contributed by atoms with Crippen molar-refractivity contribution < 1.29 is 27.1 Å². The lowest BCUT2D eigenvalue weighted by Crippen LogP contribution is -2.39. The molecule has 4 aromatic carbocycles. The molecule has 0 aliphatic heterocycles. The largest absolute Gasteiger partial charge is 0.493 e. The van der Waals surface area contributed by atoms with Crippen molar-refractivity contribution in [2.24, 2.45) is 5.10 Å². The Kier molecular flexibility index (Phi) is 8.90. The Morgan fingerprint density at radius 3 is 2.26 bits per heavy atom. The molecule has 10 heteroatoms. The fourth-order valence-corrected chi connectivity index (χ4v) is 5.05. The molecular weight excluding hydrogens is 521 g/mol. The number of halogens is 1. The van der Waals surface area contributed by atoms with Gasteiger partial charge in [0.05, 0.1) is 23.9 Å². The molecule has 0 unspecified atom stereocenters. The van der Waals surface area contributed by atoms with Crippen LogP contribution in [0.25, 0.3) is 0 Å². The van der Waals surface area contributed by atoms with Gasteiger partial charge in [-0.1, -0.05) is 48.5 Å². The fraction of sp³-hybridized carbons (Fsp3) is 0.103. The Hall–Kier alpha value is -4.70. The molecule has 0 bridgehead atoms. The molecule has 4 rings (SSSR count). The average molecular weight is 548 g/mol. The lowest BCUT2D eigenvalue weighted by Gasteiger charge is -2.23. The lowest BCUT2D eigenvalue weighted by atomic mass is 10.2. The van der Waals surface area contributed by atoms with Gasteiger partial charge >= 0.3 is 0 Å². The van der Waals surface area contributed by atoms with Crippen LogP contribution in [0.5, 0.6) is 11.5 Å². The molecule has 0 heterocycles. The summed E-state index contributed by atoms with van der Waals surface area (Å²) in [5.41, 5.74) is 4.11. The van der Waals surface area contributed by atoms with E-state index in [1.54, 1.807) is 36.4 Å². The first-order chi connectivity index (χ1) is 18.9. The molecule has 1 amide bonds. The van der Waals surface area contributed by atoms with Crippen LogP contribution in [-0.4, -0.2) is 34.2 Å². The first-order valence-corrected chi connectivity index (χ1v) is 13.3. The van der Waals surface area contributed by atoms with Crippen LogP contribution in [0.3, 0.4) is 0 Å². The highest BCUT2D eigenvalue weighted by molar-refractivity contribution is 7.92. The van der Waals surface area contributed by atoms with Gasteiger partial charge in [-0.25, -0.2) is 18.2 Å². The molecule has 1 N–H and O–H groups in total. The number of rotatable bonds is 11. The Labute approximate surface area is 226 Å². The quantitative estimate of drug-likeness (QED) is 0.216. The first-order valence-electron chi connectivity index (χ1n) is 11.9. The molecule has 0 saturated carbocycles. The molecule has 39 heavy (non-hydrogen) atoms. The summed E-state index contributed by atoms with van der Waals surface area (Å²) >= 11 is 0. The molecule has 0 radical (unpaired) electrons. The van der Waals surface area contributed by atoms with Gasteiger partial charge < -0.3 is 9.47 Å². The minimum absolute atomic E-state index is 0.00713. The summed E-state index contributed by atoms with van der Waals surface area (Å²) in [6.45, 7) is -0.201. The van der Waals surface area contributed by atoms with E-state index >= 15 is 0 Å². The van der Waals surface area contributed by atoms with Crippen LogP contribution in [0.15, 0.2) is 113 Å². The molecule has 200 valence electrons. The molecule has 4 aromatic rings. The topological polar surface area (TPSA) is 97.3 Å². The molecular formula is C29H26FN3O5S. The molecule has 0 fully saturated rings. The van der Waals surface area contributed by atoms with Gasteiger partial charge in [0.25, 0.3) is 15.9 Å². The van der Waals surface area contributed by atoms with Gasteiger partial charge in [-0.2, -0.15) is 5.10 Å². The summed E-state index contributed by atoms with van der Waals surface area (Å²) in [5, 5.41) is 3.95. The van der Waals surface area contributed by atoms with Crippen LogP contribution in [-0.2, 0) is 21.4 Å². The molecule has 0 spiro atoms. The number of amides is 1. The van der Waals surface area contributed by atoms with Gasteiger partial charge in [0, 0.05) is 0 Å². The number of hydrogen-bond donors (Lipinski definition) is 1. The summed E-state index contributed by atoms with van der Waals surface area (Å²) in [7, 11) is -2.59. The van der Waals surface area contributed by atoms with Crippen LogP contribution >= 0.6 is 0 Å². The second-order valence-corrected chi connectivity index (χ2v) is 10.1. The van der Waals surface area contributed by atoms with E-state index in [1.165, 1.54) is 37.6 Å². The number of carbonyl (C=O) groups is 1. The lowest BCUT2D eigenvalue weighted by molar-refractivity contribution is -0.119. The fourth-order valence-electron chi connectivity index (χ4n) is 3.61. The SMILES string of the molecule is COc1cc(/C=N\NC(=O)CN(c2ccc(F)cc2)S(=O)(=O)c2ccccc2)ccc1OCc1ccccc1. The van der Waals surface area contributed by atoms with E-state index < -0.39 is 28.3 Å². The molecule has 0 aliphatic carbocycles. The summed E-state index contributed by atoms with van der Waals surface area (Å²) in [6.07, 6.45) is 1.40. The maximum atomic E-state index is 13.5. The monoisotopic (exact) mass is 547 g/mol. The van der Waals surface area contributed by atoms with Crippen molar-refractivity contribution in [1.29, 1.82) is 0 Å². The van der Waals surface area contributed by atoms with Gasteiger partial charge in [-0.3, -0.25) is 9.10 Å². The average Bonchev–Trinajstić information content (AvgIpc) is 2.96. The molecule has 0 aliphatic rings. The number of anilines is 1. The smallest absolute Gasteiger partial charge is 0.264 e. The van der Waals surface area contributed by atoms with E-state index in [1.807, 2.05) is 30.3 Å². The Morgan fingerprint density at radius 1 is 0.923 bits per heavy atom. The standard InChI is InChI=1S/C29H26FN3O5S/c1-37-28-18-23(12-17-27(28)38-21-22-8-4-2-5-9-22)19-31-32-29(34)20-33(25-15-13-24(30)14-16-25)39(35,36)26-10-6-3-7-11-26/h2-19H,20-21H2,1H3,(H,32,34)/b31-19-. The van der Waals surface area contributed by atoms with Crippen LogP contribution in [0, 0.1) is 5.82 Å². The van der Waals surface area contributed by atoms with Crippen molar-refractivity contribution in [3.63, 3.8) is 0 Å². The third kappa shape index (κ3) is 7.20. The van der Waals surface area contributed by atoms with Crippen molar-refractivity contribution in [2.45, 2.75) is 11.5 Å². The van der Waals surface area contributed by atoms with Crippen molar-refractivity contribution in [1.82, 2.24) is 5.43 Å². The number of carbonyl (C=O) groups excluding carboxylic acids is 1. The number of hydrazone groups is 1. The summed E-state index contributed by atoms with van der Waals surface area (Å²) in [5.74, 6) is -0.192. The number of nitrogens with one attached hydrogen (secondary N) is 1. The van der Waals surface area contributed by atoms with Gasteiger partial charge in [-0.15, -0.1) is 0 Å². The second-order valence-electron chi connectivity index (χ2n) is 8.28. The van der Waals surface area contributed by atoms with Crippen LogP contribution < -0.4 is 19.2 Å². The zero-order valence-electron chi connectivity index (χ0n) is 21.0. The van der Waals surface area contributed by atoms with Crippen molar-refractivity contribution in [2.75, 3.05) is 18.0 Å². The summed E-state index contributed by atoms with van der Waals surface area (Å²) in [4.78, 5) is 12.7. The van der Waals surface area contributed by atoms with Crippen LogP contribution in [0.1, 0.15) is 11.1 Å².